The predicted octanol–water partition coefficient (Wildman–Crippen LogP) is 2.07. The third-order valence-electron chi connectivity index (χ3n) is 3.49. The summed E-state index contributed by atoms with van der Waals surface area (Å²) in [6.07, 6.45) is -0.500. The van der Waals surface area contributed by atoms with Gasteiger partial charge >= 0.3 is 6.18 Å². The van der Waals surface area contributed by atoms with E-state index < -0.39 is 17.8 Å². The molecule has 7 nitrogen and oxygen atoms in total. The second-order valence-electron chi connectivity index (χ2n) is 5.46. The number of alkyl halides is 3. The average molecular weight is 352 g/mol. The van der Waals surface area contributed by atoms with Gasteiger partial charge in [0, 0.05) is 37.2 Å². The molecule has 0 aliphatic rings. The van der Waals surface area contributed by atoms with E-state index in [0.29, 0.717) is 24.0 Å². The highest BCUT2D eigenvalue weighted by molar-refractivity contribution is 5.93. The summed E-state index contributed by atoms with van der Waals surface area (Å²) in [7, 11) is 0. The molecular formula is C15H15F3N6O. The molecule has 0 spiro atoms. The maximum atomic E-state index is 13.1. The molecule has 0 saturated carbocycles. The fourth-order valence-electron chi connectivity index (χ4n) is 2.38. The zero-order valence-electron chi connectivity index (χ0n) is 13.3. The number of nitrogens with one attached hydrogen (secondary N) is 1. The molecule has 0 aliphatic carbocycles. The lowest BCUT2D eigenvalue weighted by molar-refractivity contribution is -0.142. The first-order valence-corrected chi connectivity index (χ1v) is 7.55. The Hall–Kier alpha value is -2.91. The second kappa shape index (κ2) is 6.54. The zero-order valence-corrected chi connectivity index (χ0v) is 13.3. The number of hydrogen-bond donors (Lipinski definition) is 1. The van der Waals surface area contributed by atoms with Crippen LogP contribution in [0.1, 0.15) is 28.3 Å². The topological polar surface area (TPSA) is 77.1 Å². The van der Waals surface area contributed by atoms with Gasteiger partial charge in [-0.15, -0.1) is 0 Å². The van der Waals surface area contributed by atoms with Crippen molar-refractivity contribution in [2.45, 2.75) is 26.1 Å². The Labute approximate surface area is 140 Å². The molecule has 0 fully saturated rings. The van der Waals surface area contributed by atoms with Crippen molar-refractivity contribution in [3.05, 3.63) is 47.7 Å². The summed E-state index contributed by atoms with van der Waals surface area (Å²) in [5.41, 5.74) is -0.893. The van der Waals surface area contributed by atoms with E-state index >= 15 is 0 Å². The molecule has 0 atom stereocenters. The summed E-state index contributed by atoms with van der Waals surface area (Å²) in [4.78, 5) is 16.1. The van der Waals surface area contributed by atoms with E-state index in [-0.39, 0.29) is 17.0 Å². The molecule has 0 aliphatic heterocycles. The van der Waals surface area contributed by atoms with E-state index in [0.717, 1.165) is 6.07 Å². The first-order chi connectivity index (χ1) is 11.8. The minimum atomic E-state index is -4.59. The van der Waals surface area contributed by atoms with Crippen molar-refractivity contribution < 1.29 is 18.0 Å². The van der Waals surface area contributed by atoms with Gasteiger partial charge in [-0.2, -0.15) is 23.4 Å². The number of amides is 1. The van der Waals surface area contributed by atoms with Crippen molar-refractivity contribution in [3.8, 4) is 0 Å². The molecule has 0 bridgehead atoms. The molecule has 25 heavy (non-hydrogen) atoms. The Bertz CT molecular complexity index is 885. The highest BCUT2D eigenvalue weighted by atomic mass is 19.4. The molecule has 132 valence electrons. The Morgan fingerprint density at radius 2 is 2.12 bits per heavy atom. The highest BCUT2D eigenvalue weighted by Gasteiger charge is 2.35. The molecule has 3 aromatic heterocycles. The van der Waals surface area contributed by atoms with Gasteiger partial charge in [0.05, 0.1) is 0 Å². The fraction of sp³-hybridized carbons (Fsp3) is 0.333. The number of hydrogen-bond acceptors (Lipinski definition) is 4. The molecule has 10 heteroatoms. The molecular weight excluding hydrogens is 337 g/mol. The minimum Gasteiger partial charge on any atom is -0.351 e. The quantitative estimate of drug-likeness (QED) is 0.713. The second-order valence-corrected chi connectivity index (χ2v) is 5.46. The molecule has 1 amide bonds. The average Bonchev–Trinajstić information content (AvgIpc) is 3.18. The Kier molecular flexibility index (Phi) is 4.43. The number of halogens is 3. The van der Waals surface area contributed by atoms with Crippen LogP contribution in [0.4, 0.5) is 13.2 Å². The Morgan fingerprint density at radius 1 is 1.32 bits per heavy atom. The summed E-state index contributed by atoms with van der Waals surface area (Å²) < 4.78 is 41.6. The van der Waals surface area contributed by atoms with Crippen LogP contribution in [0, 0.1) is 6.92 Å². The van der Waals surface area contributed by atoms with Crippen LogP contribution in [0.15, 0.2) is 30.6 Å². The molecule has 0 aromatic carbocycles. The number of aryl methyl sites for hydroxylation is 2. The van der Waals surface area contributed by atoms with Gasteiger partial charge in [0.2, 0.25) is 0 Å². The molecule has 0 radical (unpaired) electrons. The van der Waals surface area contributed by atoms with Gasteiger partial charge in [-0.25, -0.2) is 9.50 Å². The van der Waals surface area contributed by atoms with Gasteiger partial charge in [-0.1, -0.05) is 0 Å². The third-order valence-corrected chi connectivity index (χ3v) is 3.49. The maximum absolute atomic E-state index is 13.1. The summed E-state index contributed by atoms with van der Waals surface area (Å²) in [6.45, 7) is 2.43. The number of rotatable bonds is 5. The SMILES string of the molecule is Cc1cc(C(F)(F)F)n2nc(C(=O)NCCCn3cccn3)cc2n1. The van der Waals surface area contributed by atoms with Crippen molar-refractivity contribution >= 4 is 11.6 Å². The van der Waals surface area contributed by atoms with Crippen LogP contribution in [0.2, 0.25) is 0 Å². The largest absolute Gasteiger partial charge is 0.433 e. The van der Waals surface area contributed by atoms with Crippen LogP contribution in [-0.2, 0) is 12.7 Å². The van der Waals surface area contributed by atoms with Crippen LogP contribution in [-0.4, -0.2) is 36.8 Å². The molecule has 3 rings (SSSR count). The van der Waals surface area contributed by atoms with Crippen LogP contribution in [0.3, 0.4) is 0 Å². The summed E-state index contributed by atoms with van der Waals surface area (Å²) in [5, 5.41) is 10.4. The van der Waals surface area contributed by atoms with E-state index in [1.165, 1.54) is 13.0 Å². The molecule has 1 N–H and O–H groups in total. The van der Waals surface area contributed by atoms with Crippen molar-refractivity contribution in [1.29, 1.82) is 0 Å². The number of fused-ring (bicyclic) bond motifs is 1. The van der Waals surface area contributed by atoms with Crippen LogP contribution >= 0.6 is 0 Å². The zero-order chi connectivity index (χ0) is 18.0. The number of aromatic nitrogens is 5. The lowest BCUT2D eigenvalue weighted by Crippen LogP contribution is -2.26. The van der Waals surface area contributed by atoms with Gasteiger partial charge in [0.25, 0.3) is 5.91 Å². The first-order valence-electron chi connectivity index (χ1n) is 7.55. The summed E-state index contributed by atoms with van der Waals surface area (Å²) >= 11 is 0. The standard InChI is InChI=1S/C15H15F3N6O/c1-10-8-12(15(16,17)18)24-13(21-10)9-11(22-24)14(25)19-4-2-6-23-7-3-5-20-23/h3,5,7-9H,2,4,6H2,1H3,(H,19,25). The summed E-state index contributed by atoms with van der Waals surface area (Å²) in [5.74, 6) is -0.545. The van der Waals surface area contributed by atoms with Crippen molar-refractivity contribution in [1.82, 2.24) is 29.7 Å². The van der Waals surface area contributed by atoms with E-state index in [1.54, 1.807) is 23.1 Å². The Balaban J connectivity index is 1.71. The van der Waals surface area contributed by atoms with Gasteiger partial charge < -0.3 is 5.32 Å². The lowest BCUT2D eigenvalue weighted by Gasteiger charge is -2.09. The normalized spacial score (nSPS) is 11.8. The van der Waals surface area contributed by atoms with E-state index in [9.17, 15) is 18.0 Å². The number of carbonyl (C=O) groups is 1. The van der Waals surface area contributed by atoms with Crippen molar-refractivity contribution in [3.63, 3.8) is 0 Å². The van der Waals surface area contributed by atoms with E-state index in [2.05, 4.69) is 20.5 Å². The third kappa shape index (κ3) is 3.78. The number of nitrogens with zero attached hydrogens (tertiary/aromatic N) is 5. The van der Waals surface area contributed by atoms with Crippen LogP contribution in [0.25, 0.3) is 5.65 Å². The molecule has 0 unspecified atom stereocenters. The number of carbonyl (C=O) groups excluding carboxylic acids is 1. The van der Waals surface area contributed by atoms with Gasteiger partial charge in [-0.3, -0.25) is 9.48 Å². The van der Waals surface area contributed by atoms with E-state index in [4.69, 9.17) is 0 Å². The van der Waals surface area contributed by atoms with Gasteiger partial charge in [0.15, 0.2) is 11.3 Å². The van der Waals surface area contributed by atoms with Crippen LogP contribution in [0.5, 0.6) is 0 Å². The van der Waals surface area contributed by atoms with Gasteiger partial charge in [-0.05, 0) is 25.5 Å². The highest BCUT2D eigenvalue weighted by Crippen LogP contribution is 2.29. The smallest absolute Gasteiger partial charge is 0.351 e. The Morgan fingerprint density at radius 3 is 2.80 bits per heavy atom. The first kappa shape index (κ1) is 16.9. The monoisotopic (exact) mass is 352 g/mol. The van der Waals surface area contributed by atoms with Crippen molar-refractivity contribution in [2.75, 3.05) is 6.54 Å². The fourth-order valence-corrected chi connectivity index (χ4v) is 2.38. The minimum absolute atomic E-state index is 0.0194. The molecule has 3 heterocycles. The lowest BCUT2D eigenvalue weighted by atomic mass is 10.3. The molecule has 3 aromatic rings. The maximum Gasteiger partial charge on any atom is 0.433 e. The van der Waals surface area contributed by atoms with Crippen molar-refractivity contribution in [2.24, 2.45) is 0 Å². The predicted molar refractivity (Wildman–Crippen MR) is 81.9 cm³/mol. The van der Waals surface area contributed by atoms with E-state index in [1.807, 2.05) is 0 Å². The van der Waals surface area contributed by atoms with Gasteiger partial charge in [0.1, 0.15) is 5.69 Å². The van der Waals surface area contributed by atoms with Crippen LogP contribution < -0.4 is 5.32 Å². The summed E-state index contributed by atoms with van der Waals surface area (Å²) in [6, 6.07) is 3.93. The molecule has 0 saturated heterocycles.